The number of nitrogens with zero attached hydrogens (tertiary/aromatic N) is 1. The quantitative estimate of drug-likeness (QED) is 0.759. The lowest BCUT2D eigenvalue weighted by atomic mass is 10.1. The molecule has 3 nitrogen and oxygen atoms in total. The molecule has 1 atom stereocenters. The van der Waals surface area contributed by atoms with Gasteiger partial charge in [-0.2, -0.15) is 4.98 Å². The van der Waals surface area contributed by atoms with Crippen molar-refractivity contribution in [1.82, 2.24) is 4.98 Å². The largest absolute Gasteiger partial charge is 0.473 e. The van der Waals surface area contributed by atoms with Crippen LogP contribution in [0.1, 0.15) is 46.0 Å². The maximum absolute atomic E-state index is 13.4. The molecule has 1 heterocycles. The van der Waals surface area contributed by atoms with Crippen molar-refractivity contribution in [3.05, 3.63) is 17.7 Å². The Morgan fingerprint density at radius 2 is 2.00 bits per heavy atom. The fourth-order valence-electron chi connectivity index (χ4n) is 1.65. The van der Waals surface area contributed by atoms with Gasteiger partial charge in [-0.3, -0.25) is 0 Å². The third-order valence-corrected chi connectivity index (χ3v) is 2.70. The zero-order valence-electron chi connectivity index (χ0n) is 10.9. The molecule has 0 fully saturated rings. The minimum atomic E-state index is -0.865. The van der Waals surface area contributed by atoms with Crippen LogP contribution in [0.15, 0.2) is 6.07 Å². The van der Waals surface area contributed by atoms with Crippen molar-refractivity contribution in [2.24, 2.45) is 0 Å². The van der Waals surface area contributed by atoms with Gasteiger partial charge in [0.25, 0.3) is 5.88 Å². The maximum Gasteiger partial charge on any atom is 0.252 e. The number of hydrogen-bond donors (Lipinski definition) is 1. The summed E-state index contributed by atoms with van der Waals surface area (Å²) in [6, 6.07) is 0.696. The summed E-state index contributed by atoms with van der Waals surface area (Å²) in [5.41, 5.74) is 5.27. The van der Waals surface area contributed by atoms with E-state index in [4.69, 9.17) is 10.5 Å². The van der Waals surface area contributed by atoms with Gasteiger partial charge in [-0.1, -0.05) is 26.2 Å². The Morgan fingerprint density at radius 1 is 1.28 bits per heavy atom. The Bertz CT molecular complexity index is 385. The SMILES string of the molecule is CCCCCCC(C)Oc1nc(N)c(F)cc1F. The van der Waals surface area contributed by atoms with E-state index in [1.807, 2.05) is 6.92 Å². The number of ether oxygens (including phenoxy) is 1. The molecule has 18 heavy (non-hydrogen) atoms. The first-order valence-corrected chi connectivity index (χ1v) is 6.32. The molecule has 2 N–H and O–H groups in total. The Kier molecular flexibility index (Phi) is 5.82. The zero-order valence-corrected chi connectivity index (χ0v) is 10.9. The summed E-state index contributed by atoms with van der Waals surface area (Å²) in [6.07, 6.45) is 5.16. The van der Waals surface area contributed by atoms with Crippen LogP contribution in [0.4, 0.5) is 14.6 Å². The van der Waals surface area contributed by atoms with Crippen LogP contribution in [-0.2, 0) is 0 Å². The first-order valence-electron chi connectivity index (χ1n) is 6.32. The Morgan fingerprint density at radius 3 is 2.67 bits per heavy atom. The molecule has 0 saturated heterocycles. The zero-order chi connectivity index (χ0) is 13.5. The Hall–Kier alpha value is -1.39. The Balaban J connectivity index is 2.48. The van der Waals surface area contributed by atoms with Crippen molar-refractivity contribution in [1.29, 1.82) is 0 Å². The van der Waals surface area contributed by atoms with E-state index in [0.29, 0.717) is 6.07 Å². The van der Waals surface area contributed by atoms with Crippen molar-refractivity contribution < 1.29 is 13.5 Å². The number of nitrogens with two attached hydrogens (primary N) is 1. The standard InChI is InChI=1S/C13H20F2N2O/c1-3-4-5-6-7-9(2)18-13-11(15)8-10(14)12(16)17-13/h8-9H,3-7H2,1-2H3,(H2,16,17). The summed E-state index contributed by atoms with van der Waals surface area (Å²) >= 11 is 0. The third-order valence-electron chi connectivity index (χ3n) is 2.70. The van der Waals surface area contributed by atoms with Gasteiger partial charge in [0.1, 0.15) is 0 Å². The van der Waals surface area contributed by atoms with Crippen molar-refractivity contribution in [3.8, 4) is 5.88 Å². The van der Waals surface area contributed by atoms with Crippen LogP contribution in [-0.4, -0.2) is 11.1 Å². The van der Waals surface area contributed by atoms with E-state index in [-0.39, 0.29) is 17.8 Å². The van der Waals surface area contributed by atoms with Gasteiger partial charge in [0.05, 0.1) is 6.10 Å². The molecule has 0 aliphatic rings. The molecular weight excluding hydrogens is 238 g/mol. The fourth-order valence-corrected chi connectivity index (χ4v) is 1.65. The van der Waals surface area contributed by atoms with Crippen LogP contribution in [0.3, 0.4) is 0 Å². The van der Waals surface area contributed by atoms with Crippen molar-refractivity contribution in [3.63, 3.8) is 0 Å². The van der Waals surface area contributed by atoms with Crippen molar-refractivity contribution in [2.45, 2.75) is 52.1 Å². The van der Waals surface area contributed by atoms with Crippen LogP contribution in [0, 0.1) is 11.6 Å². The lowest BCUT2D eigenvalue weighted by molar-refractivity contribution is 0.188. The van der Waals surface area contributed by atoms with Gasteiger partial charge in [-0.25, -0.2) is 8.78 Å². The number of aromatic nitrogens is 1. The van der Waals surface area contributed by atoms with Gasteiger partial charge in [0.2, 0.25) is 0 Å². The number of nitrogen functional groups attached to an aromatic ring is 1. The van der Waals surface area contributed by atoms with Crippen LogP contribution in [0.2, 0.25) is 0 Å². The average Bonchev–Trinajstić information content (AvgIpc) is 2.32. The lowest BCUT2D eigenvalue weighted by Gasteiger charge is -2.14. The molecular formula is C13H20F2N2O. The summed E-state index contributed by atoms with van der Waals surface area (Å²) in [4.78, 5) is 3.56. The molecule has 1 aromatic rings. The minimum Gasteiger partial charge on any atom is -0.473 e. The molecule has 5 heteroatoms. The molecule has 0 aliphatic carbocycles. The van der Waals surface area contributed by atoms with E-state index >= 15 is 0 Å². The maximum atomic E-state index is 13.4. The molecule has 0 amide bonds. The monoisotopic (exact) mass is 258 g/mol. The highest BCUT2D eigenvalue weighted by Crippen LogP contribution is 2.21. The molecule has 1 aromatic heterocycles. The average molecular weight is 258 g/mol. The summed E-state index contributed by atoms with van der Waals surface area (Å²) in [5.74, 6) is -2.25. The second kappa shape index (κ2) is 7.13. The number of unbranched alkanes of at least 4 members (excludes halogenated alkanes) is 3. The molecule has 0 aliphatic heterocycles. The van der Waals surface area contributed by atoms with E-state index in [1.165, 1.54) is 12.8 Å². The minimum absolute atomic E-state index is 0.159. The van der Waals surface area contributed by atoms with Gasteiger partial charge in [-0.15, -0.1) is 0 Å². The molecule has 1 rings (SSSR count). The smallest absolute Gasteiger partial charge is 0.252 e. The van der Waals surface area contributed by atoms with Gasteiger partial charge in [-0.05, 0) is 19.8 Å². The topological polar surface area (TPSA) is 48.1 Å². The second-order valence-corrected chi connectivity index (χ2v) is 4.42. The molecule has 0 bridgehead atoms. The first kappa shape index (κ1) is 14.7. The molecule has 0 saturated carbocycles. The van der Waals surface area contributed by atoms with Gasteiger partial charge < -0.3 is 10.5 Å². The highest BCUT2D eigenvalue weighted by molar-refractivity contribution is 5.34. The predicted octanol–water partition coefficient (Wildman–Crippen LogP) is 3.68. The van der Waals surface area contributed by atoms with E-state index in [9.17, 15) is 8.78 Å². The second-order valence-electron chi connectivity index (χ2n) is 4.42. The van der Waals surface area contributed by atoms with Gasteiger partial charge >= 0.3 is 0 Å². The molecule has 0 spiro atoms. The molecule has 0 radical (unpaired) electrons. The first-order chi connectivity index (χ1) is 8.54. The summed E-state index contributed by atoms with van der Waals surface area (Å²) in [6.45, 7) is 3.98. The third kappa shape index (κ3) is 4.47. The predicted molar refractivity (Wildman–Crippen MR) is 67.4 cm³/mol. The molecule has 102 valence electrons. The summed E-state index contributed by atoms with van der Waals surface area (Å²) in [7, 11) is 0. The van der Waals surface area contributed by atoms with Crippen molar-refractivity contribution >= 4 is 5.82 Å². The normalized spacial score (nSPS) is 12.4. The van der Waals surface area contributed by atoms with Crippen LogP contribution < -0.4 is 10.5 Å². The lowest BCUT2D eigenvalue weighted by Crippen LogP contribution is -2.14. The van der Waals surface area contributed by atoms with E-state index < -0.39 is 11.6 Å². The summed E-state index contributed by atoms with van der Waals surface area (Å²) in [5, 5.41) is 0. The van der Waals surface area contributed by atoms with Crippen LogP contribution >= 0.6 is 0 Å². The van der Waals surface area contributed by atoms with Gasteiger partial charge in [0.15, 0.2) is 17.5 Å². The van der Waals surface area contributed by atoms with E-state index in [2.05, 4.69) is 11.9 Å². The number of hydrogen-bond acceptors (Lipinski definition) is 3. The fraction of sp³-hybridized carbons (Fsp3) is 0.615. The number of rotatable bonds is 7. The van der Waals surface area contributed by atoms with Crippen LogP contribution in [0.25, 0.3) is 0 Å². The van der Waals surface area contributed by atoms with Gasteiger partial charge in [0, 0.05) is 6.07 Å². The molecule has 1 unspecified atom stereocenters. The number of halogens is 2. The van der Waals surface area contributed by atoms with E-state index in [0.717, 1.165) is 19.3 Å². The summed E-state index contributed by atoms with van der Waals surface area (Å²) < 4.78 is 31.6. The van der Waals surface area contributed by atoms with Crippen LogP contribution in [0.5, 0.6) is 5.88 Å². The highest BCUT2D eigenvalue weighted by Gasteiger charge is 2.13. The number of anilines is 1. The molecule has 0 aromatic carbocycles. The highest BCUT2D eigenvalue weighted by atomic mass is 19.1. The number of pyridine rings is 1. The Labute approximate surface area is 106 Å². The van der Waals surface area contributed by atoms with E-state index in [1.54, 1.807) is 0 Å². The van der Waals surface area contributed by atoms with Crippen molar-refractivity contribution in [2.75, 3.05) is 5.73 Å².